The zero-order valence-electron chi connectivity index (χ0n) is 21.7. The van der Waals surface area contributed by atoms with Crippen LogP contribution in [0.2, 0.25) is 0 Å². The van der Waals surface area contributed by atoms with E-state index in [9.17, 15) is 14.7 Å². The molecule has 1 N–H and O–H groups in total. The van der Waals surface area contributed by atoms with Gasteiger partial charge in [0.25, 0.3) is 0 Å². The van der Waals surface area contributed by atoms with Crippen LogP contribution in [-0.4, -0.2) is 24.0 Å². The summed E-state index contributed by atoms with van der Waals surface area (Å²) >= 11 is 0. The van der Waals surface area contributed by atoms with E-state index in [4.69, 9.17) is 4.42 Å². The summed E-state index contributed by atoms with van der Waals surface area (Å²) in [7, 11) is 0. The molecule has 0 fully saturated rings. The lowest BCUT2D eigenvalue weighted by atomic mass is 9.85. The van der Waals surface area contributed by atoms with Crippen LogP contribution in [0.1, 0.15) is 46.7 Å². The van der Waals surface area contributed by atoms with E-state index >= 15 is 0 Å². The monoisotopic (exact) mass is 503 g/mol. The van der Waals surface area contributed by atoms with E-state index in [0.717, 1.165) is 41.5 Å². The molecule has 1 aliphatic rings. The number of benzene rings is 3. The molecule has 5 nitrogen and oxygen atoms in total. The summed E-state index contributed by atoms with van der Waals surface area (Å²) in [4.78, 5) is 28.9. The van der Waals surface area contributed by atoms with Crippen molar-refractivity contribution in [3.8, 4) is 11.1 Å². The molecular formula is C33H29NO4. The number of allylic oxidation sites excluding steroid dienone is 2. The number of aryl methyl sites for hydroxylation is 1. The van der Waals surface area contributed by atoms with Gasteiger partial charge in [-0.1, -0.05) is 72.3 Å². The smallest absolute Gasteiger partial charge is 0.204 e. The molecule has 1 heterocycles. The fourth-order valence-electron chi connectivity index (χ4n) is 4.92. The Morgan fingerprint density at radius 2 is 1.45 bits per heavy atom. The molecule has 190 valence electrons. The van der Waals surface area contributed by atoms with Crippen LogP contribution in [0.4, 0.5) is 5.69 Å². The number of hydrogen-bond acceptors (Lipinski definition) is 5. The Balaban J connectivity index is 1.78. The summed E-state index contributed by atoms with van der Waals surface area (Å²) in [6, 6.07) is 25.1. The van der Waals surface area contributed by atoms with Gasteiger partial charge in [0.05, 0.1) is 11.1 Å². The minimum Gasteiger partial charge on any atom is -0.507 e. The molecule has 1 aliphatic carbocycles. The number of anilines is 1. The van der Waals surface area contributed by atoms with Gasteiger partial charge < -0.3 is 14.4 Å². The number of fused-ring (bicyclic) bond motifs is 1. The lowest BCUT2D eigenvalue weighted by molar-refractivity contribution is 0.103. The normalized spacial score (nSPS) is 14.1. The van der Waals surface area contributed by atoms with Crippen LogP contribution >= 0.6 is 0 Å². The Bertz CT molecular complexity index is 1600. The first-order chi connectivity index (χ1) is 18.4. The van der Waals surface area contributed by atoms with E-state index in [0.29, 0.717) is 22.3 Å². The van der Waals surface area contributed by atoms with Crippen molar-refractivity contribution in [1.82, 2.24) is 0 Å². The van der Waals surface area contributed by atoms with Gasteiger partial charge in [-0.05, 0) is 49.6 Å². The van der Waals surface area contributed by atoms with Crippen molar-refractivity contribution < 1.29 is 14.3 Å². The number of nitrogens with zero attached hydrogens (tertiary/aromatic N) is 1. The van der Waals surface area contributed by atoms with Crippen LogP contribution < -0.4 is 10.3 Å². The predicted octanol–water partition coefficient (Wildman–Crippen LogP) is 7.06. The van der Waals surface area contributed by atoms with E-state index in [1.807, 2.05) is 73.7 Å². The molecule has 38 heavy (non-hydrogen) atoms. The molecule has 4 aromatic rings. The largest absolute Gasteiger partial charge is 0.507 e. The first kappa shape index (κ1) is 25.0. The van der Waals surface area contributed by atoms with Crippen LogP contribution in [-0.2, 0) is 0 Å². The Labute approximate surface area is 222 Å². The third-order valence-electron chi connectivity index (χ3n) is 6.95. The van der Waals surface area contributed by atoms with Gasteiger partial charge in [-0.15, -0.1) is 0 Å². The van der Waals surface area contributed by atoms with Gasteiger partial charge >= 0.3 is 0 Å². The number of aliphatic hydroxyl groups excluding tert-OH is 1. The van der Waals surface area contributed by atoms with Gasteiger partial charge in [-0.25, -0.2) is 0 Å². The first-order valence-corrected chi connectivity index (χ1v) is 12.8. The van der Waals surface area contributed by atoms with Crippen LogP contribution in [0.25, 0.3) is 22.3 Å². The SMILES string of the molecule is CCN(CC)c1ccc(/C(=C2/C(O)=CC(=O)c3c2occ(-c2ccccc2)c3=O)c2ccc(C)cc2)cc1. The molecule has 0 atom stereocenters. The second-order valence-electron chi connectivity index (χ2n) is 9.28. The van der Waals surface area contributed by atoms with Crippen LogP contribution in [0.15, 0.2) is 106 Å². The van der Waals surface area contributed by atoms with E-state index in [1.165, 1.54) is 6.26 Å². The third-order valence-corrected chi connectivity index (χ3v) is 6.95. The number of aliphatic hydroxyl groups is 1. The predicted molar refractivity (Wildman–Crippen MR) is 153 cm³/mol. The van der Waals surface area contributed by atoms with Gasteiger partial charge in [0.15, 0.2) is 11.5 Å². The van der Waals surface area contributed by atoms with Gasteiger partial charge in [-0.2, -0.15) is 0 Å². The second-order valence-corrected chi connectivity index (χ2v) is 9.28. The van der Waals surface area contributed by atoms with Crippen molar-refractivity contribution in [2.24, 2.45) is 0 Å². The molecule has 5 heteroatoms. The van der Waals surface area contributed by atoms with E-state index in [2.05, 4.69) is 18.7 Å². The number of carbonyl (C=O) groups is 1. The molecule has 0 amide bonds. The second kappa shape index (κ2) is 10.4. The highest BCUT2D eigenvalue weighted by atomic mass is 16.3. The average Bonchev–Trinajstić information content (AvgIpc) is 2.93. The standard InChI is InChI=1S/C33H29NO4/c1-4-34(5-2)25-17-15-24(16-18-25)29(23-13-11-21(3)12-14-23)30-27(35)19-28(36)31-32(37)26(20-38-33(30)31)22-9-7-6-8-10-22/h6-20,35H,4-5H2,1-3H3/b30-29-. The fourth-order valence-corrected chi connectivity index (χ4v) is 4.92. The molecule has 0 aliphatic heterocycles. The third kappa shape index (κ3) is 4.48. The van der Waals surface area contributed by atoms with Crippen molar-refractivity contribution >= 4 is 22.6 Å². The number of carbonyl (C=O) groups excluding carboxylic acids is 1. The molecule has 1 aromatic heterocycles. The van der Waals surface area contributed by atoms with Crippen LogP contribution in [0.3, 0.4) is 0 Å². The molecular weight excluding hydrogens is 474 g/mol. The molecule has 0 spiro atoms. The minimum absolute atomic E-state index is 0.0723. The zero-order chi connectivity index (χ0) is 26.8. The Morgan fingerprint density at radius 1 is 0.842 bits per heavy atom. The Morgan fingerprint density at radius 3 is 2.05 bits per heavy atom. The van der Waals surface area contributed by atoms with Crippen molar-refractivity contribution in [3.63, 3.8) is 0 Å². The summed E-state index contributed by atoms with van der Waals surface area (Å²) in [5, 5.41) is 11.1. The van der Waals surface area contributed by atoms with Crippen LogP contribution in [0.5, 0.6) is 0 Å². The van der Waals surface area contributed by atoms with Crippen LogP contribution in [0, 0.1) is 6.92 Å². The Hall–Kier alpha value is -4.64. The maximum Gasteiger partial charge on any atom is 0.204 e. The molecule has 3 aromatic carbocycles. The summed E-state index contributed by atoms with van der Waals surface area (Å²) < 4.78 is 6.03. The van der Waals surface area contributed by atoms with Gasteiger partial charge in [0.2, 0.25) is 5.43 Å². The highest BCUT2D eigenvalue weighted by Crippen LogP contribution is 2.40. The summed E-state index contributed by atoms with van der Waals surface area (Å²) in [6.45, 7) is 8.00. The Kier molecular flexibility index (Phi) is 6.84. The molecule has 5 rings (SSSR count). The molecule has 0 bridgehead atoms. The summed E-state index contributed by atoms with van der Waals surface area (Å²) in [5.41, 5.74) is 5.28. The lowest BCUT2D eigenvalue weighted by Crippen LogP contribution is -2.22. The zero-order valence-corrected chi connectivity index (χ0v) is 21.7. The van der Waals surface area contributed by atoms with Gasteiger partial charge in [0.1, 0.15) is 17.6 Å². The maximum atomic E-state index is 13.6. The maximum absolute atomic E-state index is 13.6. The number of rotatable bonds is 6. The number of ketones is 1. The lowest BCUT2D eigenvalue weighted by Gasteiger charge is -2.23. The van der Waals surface area contributed by atoms with Crippen molar-refractivity contribution in [2.45, 2.75) is 20.8 Å². The molecule has 0 radical (unpaired) electrons. The average molecular weight is 504 g/mol. The topological polar surface area (TPSA) is 70.8 Å². The van der Waals surface area contributed by atoms with Crippen molar-refractivity contribution in [2.75, 3.05) is 18.0 Å². The fraction of sp³-hybridized carbons (Fsp3) is 0.152. The van der Waals surface area contributed by atoms with E-state index in [1.54, 1.807) is 12.1 Å². The molecule has 0 saturated carbocycles. The van der Waals surface area contributed by atoms with Crippen molar-refractivity contribution in [3.05, 3.63) is 135 Å². The summed E-state index contributed by atoms with van der Waals surface area (Å²) in [5.74, 6) is -0.738. The van der Waals surface area contributed by atoms with E-state index in [-0.39, 0.29) is 17.1 Å². The highest BCUT2D eigenvalue weighted by Gasteiger charge is 2.32. The molecule has 0 unspecified atom stereocenters. The minimum atomic E-state index is -0.576. The van der Waals surface area contributed by atoms with Gasteiger partial charge in [0, 0.05) is 30.4 Å². The van der Waals surface area contributed by atoms with Gasteiger partial charge in [-0.3, -0.25) is 9.59 Å². The molecule has 0 saturated heterocycles. The quantitative estimate of drug-likeness (QED) is 0.305. The summed E-state index contributed by atoms with van der Waals surface area (Å²) in [6.07, 6.45) is 2.49. The first-order valence-electron chi connectivity index (χ1n) is 12.8. The number of hydrogen-bond donors (Lipinski definition) is 1. The van der Waals surface area contributed by atoms with Crippen molar-refractivity contribution in [1.29, 1.82) is 0 Å². The van der Waals surface area contributed by atoms with E-state index < -0.39 is 11.2 Å². The highest BCUT2D eigenvalue weighted by molar-refractivity contribution is 6.17.